The summed E-state index contributed by atoms with van der Waals surface area (Å²) in [6.45, 7) is 4.11. The van der Waals surface area contributed by atoms with Crippen molar-refractivity contribution < 1.29 is 4.74 Å². The van der Waals surface area contributed by atoms with Crippen molar-refractivity contribution in [1.29, 1.82) is 0 Å². The van der Waals surface area contributed by atoms with Gasteiger partial charge in [0, 0.05) is 12.5 Å². The maximum atomic E-state index is 5.23. The standard InChI is InChI=1S/C13H19NO/c1-11(2)14-13(15-3)10-9-12-7-5-4-6-8-12/h4-8,11H,9-10H2,1-3H3. The fourth-order valence-corrected chi connectivity index (χ4v) is 1.40. The van der Waals surface area contributed by atoms with E-state index in [0.717, 1.165) is 18.7 Å². The Hall–Kier alpha value is -1.31. The Labute approximate surface area is 92.0 Å². The van der Waals surface area contributed by atoms with E-state index >= 15 is 0 Å². The molecule has 0 fully saturated rings. The molecule has 0 atom stereocenters. The van der Waals surface area contributed by atoms with Crippen LogP contribution >= 0.6 is 0 Å². The molecule has 0 N–H and O–H groups in total. The van der Waals surface area contributed by atoms with E-state index in [2.05, 4.69) is 43.1 Å². The Morgan fingerprint density at radius 2 is 1.93 bits per heavy atom. The number of aliphatic imine (C=N–C) groups is 1. The lowest BCUT2D eigenvalue weighted by Gasteiger charge is -2.06. The lowest BCUT2D eigenvalue weighted by molar-refractivity contribution is 0.385. The van der Waals surface area contributed by atoms with Gasteiger partial charge >= 0.3 is 0 Å². The first-order valence-electron chi connectivity index (χ1n) is 5.37. The zero-order chi connectivity index (χ0) is 11.1. The average Bonchev–Trinajstić information content (AvgIpc) is 2.25. The van der Waals surface area contributed by atoms with Crippen molar-refractivity contribution in [2.24, 2.45) is 4.99 Å². The normalized spacial score (nSPS) is 11.9. The number of rotatable bonds is 4. The van der Waals surface area contributed by atoms with Crippen molar-refractivity contribution in [1.82, 2.24) is 0 Å². The lowest BCUT2D eigenvalue weighted by atomic mass is 10.1. The van der Waals surface area contributed by atoms with Gasteiger partial charge in [0.1, 0.15) is 0 Å². The zero-order valence-corrected chi connectivity index (χ0v) is 9.73. The third-order valence-corrected chi connectivity index (χ3v) is 2.11. The largest absolute Gasteiger partial charge is 0.484 e. The minimum absolute atomic E-state index is 0.302. The SMILES string of the molecule is COC(CCc1ccccc1)=NC(C)C. The third-order valence-electron chi connectivity index (χ3n) is 2.11. The van der Waals surface area contributed by atoms with Gasteiger partial charge in [0.2, 0.25) is 0 Å². The molecule has 1 aromatic carbocycles. The Balaban J connectivity index is 2.48. The van der Waals surface area contributed by atoms with Gasteiger partial charge in [0.15, 0.2) is 5.90 Å². The molecule has 0 aromatic heterocycles. The maximum Gasteiger partial charge on any atom is 0.183 e. The van der Waals surface area contributed by atoms with E-state index < -0.39 is 0 Å². The molecule has 82 valence electrons. The highest BCUT2D eigenvalue weighted by Gasteiger charge is 2.00. The monoisotopic (exact) mass is 205 g/mol. The summed E-state index contributed by atoms with van der Waals surface area (Å²) in [7, 11) is 1.69. The quantitative estimate of drug-likeness (QED) is 0.547. The van der Waals surface area contributed by atoms with Gasteiger partial charge in [0.25, 0.3) is 0 Å². The van der Waals surface area contributed by atoms with Crippen molar-refractivity contribution in [3.8, 4) is 0 Å². The second-order valence-corrected chi connectivity index (χ2v) is 3.81. The van der Waals surface area contributed by atoms with Crippen LogP contribution in [0.1, 0.15) is 25.8 Å². The van der Waals surface area contributed by atoms with Gasteiger partial charge in [-0.1, -0.05) is 30.3 Å². The van der Waals surface area contributed by atoms with E-state index in [9.17, 15) is 0 Å². The molecule has 2 heteroatoms. The van der Waals surface area contributed by atoms with Gasteiger partial charge in [-0.15, -0.1) is 0 Å². The number of methoxy groups -OCH3 is 1. The molecule has 0 bridgehead atoms. The molecule has 1 rings (SSSR count). The highest BCUT2D eigenvalue weighted by Crippen LogP contribution is 2.04. The zero-order valence-electron chi connectivity index (χ0n) is 9.73. The Bertz CT molecular complexity index is 304. The Morgan fingerprint density at radius 1 is 1.27 bits per heavy atom. The van der Waals surface area contributed by atoms with Gasteiger partial charge in [-0.05, 0) is 25.8 Å². The van der Waals surface area contributed by atoms with E-state index in [1.165, 1.54) is 5.56 Å². The molecule has 0 amide bonds. The van der Waals surface area contributed by atoms with Crippen molar-refractivity contribution >= 4 is 5.90 Å². The van der Waals surface area contributed by atoms with E-state index in [-0.39, 0.29) is 0 Å². The minimum Gasteiger partial charge on any atom is -0.484 e. The molecule has 1 aromatic rings. The van der Waals surface area contributed by atoms with Crippen molar-refractivity contribution in [3.05, 3.63) is 35.9 Å². The van der Waals surface area contributed by atoms with E-state index in [4.69, 9.17) is 4.74 Å². The predicted molar refractivity (Wildman–Crippen MR) is 64.3 cm³/mol. The van der Waals surface area contributed by atoms with Crippen LogP contribution < -0.4 is 0 Å². The molecule has 0 aliphatic rings. The molecule has 0 saturated heterocycles. The Kier molecular flexibility index (Phi) is 4.88. The molecular formula is C13H19NO. The van der Waals surface area contributed by atoms with Crippen molar-refractivity contribution in [2.75, 3.05) is 7.11 Å². The van der Waals surface area contributed by atoms with Crippen LogP contribution in [-0.2, 0) is 11.2 Å². The summed E-state index contributed by atoms with van der Waals surface area (Å²) in [5.74, 6) is 0.842. The van der Waals surface area contributed by atoms with E-state index in [0.29, 0.717) is 6.04 Å². The molecule has 0 spiro atoms. The molecule has 0 saturated carbocycles. The van der Waals surface area contributed by atoms with Gasteiger partial charge < -0.3 is 4.74 Å². The fraction of sp³-hybridized carbons (Fsp3) is 0.462. The molecule has 0 aliphatic heterocycles. The van der Waals surface area contributed by atoms with Gasteiger partial charge in [-0.2, -0.15) is 0 Å². The highest BCUT2D eigenvalue weighted by molar-refractivity contribution is 5.76. The molecule has 0 radical (unpaired) electrons. The van der Waals surface area contributed by atoms with Gasteiger partial charge in [0.05, 0.1) is 7.11 Å². The average molecular weight is 205 g/mol. The summed E-state index contributed by atoms with van der Waals surface area (Å²) in [6.07, 6.45) is 1.86. The van der Waals surface area contributed by atoms with Crippen LogP contribution in [0.15, 0.2) is 35.3 Å². The van der Waals surface area contributed by atoms with Crippen LogP contribution in [0.4, 0.5) is 0 Å². The first kappa shape index (κ1) is 11.8. The van der Waals surface area contributed by atoms with E-state index in [1.807, 2.05) is 6.07 Å². The molecule has 0 aliphatic carbocycles. The highest BCUT2D eigenvalue weighted by atomic mass is 16.5. The fourth-order valence-electron chi connectivity index (χ4n) is 1.40. The number of nitrogens with zero attached hydrogens (tertiary/aromatic N) is 1. The van der Waals surface area contributed by atoms with Crippen molar-refractivity contribution in [3.63, 3.8) is 0 Å². The van der Waals surface area contributed by atoms with Crippen LogP contribution in [0.2, 0.25) is 0 Å². The molecular weight excluding hydrogens is 186 g/mol. The number of hydrogen-bond acceptors (Lipinski definition) is 2. The van der Waals surface area contributed by atoms with Crippen molar-refractivity contribution in [2.45, 2.75) is 32.7 Å². The predicted octanol–water partition coefficient (Wildman–Crippen LogP) is 3.07. The summed E-state index contributed by atoms with van der Waals surface area (Å²) in [5.41, 5.74) is 1.33. The summed E-state index contributed by atoms with van der Waals surface area (Å²) in [6, 6.07) is 10.7. The first-order chi connectivity index (χ1) is 7.22. The van der Waals surface area contributed by atoms with Gasteiger partial charge in [-0.25, -0.2) is 0 Å². The Morgan fingerprint density at radius 3 is 2.47 bits per heavy atom. The van der Waals surface area contributed by atoms with E-state index in [1.54, 1.807) is 7.11 Å². The molecule has 2 nitrogen and oxygen atoms in total. The summed E-state index contributed by atoms with van der Waals surface area (Å²) in [5, 5.41) is 0. The number of ether oxygens (including phenoxy) is 1. The second-order valence-electron chi connectivity index (χ2n) is 3.81. The molecule has 0 heterocycles. The first-order valence-corrected chi connectivity index (χ1v) is 5.37. The minimum atomic E-state index is 0.302. The van der Waals surface area contributed by atoms with Crippen LogP contribution in [0.3, 0.4) is 0 Å². The summed E-state index contributed by atoms with van der Waals surface area (Å²) >= 11 is 0. The molecule has 0 unspecified atom stereocenters. The topological polar surface area (TPSA) is 21.6 Å². The van der Waals surface area contributed by atoms with Crippen LogP contribution in [0, 0.1) is 0 Å². The number of benzene rings is 1. The number of hydrogen-bond donors (Lipinski definition) is 0. The second kappa shape index (κ2) is 6.23. The van der Waals surface area contributed by atoms with Crippen LogP contribution in [0.25, 0.3) is 0 Å². The van der Waals surface area contributed by atoms with Crippen LogP contribution in [-0.4, -0.2) is 19.0 Å². The lowest BCUT2D eigenvalue weighted by Crippen LogP contribution is -2.06. The smallest absolute Gasteiger partial charge is 0.183 e. The maximum absolute atomic E-state index is 5.23. The van der Waals surface area contributed by atoms with Gasteiger partial charge in [-0.3, -0.25) is 4.99 Å². The summed E-state index contributed by atoms with van der Waals surface area (Å²) in [4.78, 5) is 4.40. The number of aryl methyl sites for hydroxylation is 1. The third kappa shape index (κ3) is 4.63. The molecule has 15 heavy (non-hydrogen) atoms. The van der Waals surface area contributed by atoms with Crippen LogP contribution in [0.5, 0.6) is 0 Å². The summed E-state index contributed by atoms with van der Waals surface area (Å²) < 4.78 is 5.23.